The summed E-state index contributed by atoms with van der Waals surface area (Å²) in [6.07, 6.45) is 0.637. The zero-order chi connectivity index (χ0) is 13.9. The van der Waals surface area contributed by atoms with Gasteiger partial charge in [-0.2, -0.15) is 0 Å². The molecule has 0 saturated carbocycles. The molecule has 0 aromatic rings. The Morgan fingerprint density at radius 3 is 2.39 bits per heavy atom. The molecule has 1 heterocycles. The van der Waals surface area contributed by atoms with Gasteiger partial charge >= 0.3 is 12.0 Å². The number of nitrogens with zero attached hydrogens (tertiary/aromatic N) is 2. The first kappa shape index (κ1) is 14.5. The van der Waals surface area contributed by atoms with Gasteiger partial charge in [-0.15, -0.1) is 0 Å². The summed E-state index contributed by atoms with van der Waals surface area (Å²) >= 11 is 0. The van der Waals surface area contributed by atoms with E-state index in [1.165, 1.54) is 9.80 Å². The lowest BCUT2D eigenvalue weighted by molar-refractivity contribution is -0.155. The minimum absolute atomic E-state index is 0.116. The molecule has 0 spiro atoms. The molecule has 0 aliphatic carbocycles. The Morgan fingerprint density at radius 1 is 1.33 bits per heavy atom. The van der Waals surface area contributed by atoms with E-state index in [0.717, 1.165) is 0 Å². The van der Waals surface area contributed by atoms with E-state index in [0.29, 0.717) is 6.42 Å². The summed E-state index contributed by atoms with van der Waals surface area (Å²) in [5.41, 5.74) is -0.503. The number of ether oxygens (including phenoxy) is 1. The molecule has 18 heavy (non-hydrogen) atoms. The SMILES string of the molecule is CN1CC(=O)N(CCCC(=O)OC(C)(C)C)C1=O. The second kappa shape index (κ2) is 5.37. The minimum Gasteiger partial charge on any atom is -0.460 e. The number of carbonyl (C=O) groups excluding carboxylic acids is 3. The number of hydrogen-bond acceptors (Lipinski definition) is 4. The van der Waals surface area contributed by atoms with Crippen LogP contribution < -0.4 is 0 Å². The first-order valence-corrected chi connectivity index (χ1v) is 5.98. The van der Waals surface area contributed by atoms with Crippen LogP contribution in [0.4, 0.5) is 4.79 Å². The molecule has 1 aliphatic heterocycles. The zero-order valence-electron chi connectivity index (χ0n) is 11.4. The molecule has 0 aromatic carbocycles. The lowest BCUT2D eigenvalue weighted by Gasteiger charge is -2.20. The van der Waals surface area contributed by atoms with Gasteiger partial charge in [-0.25, -0.2) is 4.79 Å². The third kappa shape index (κ3) is 4.01. The molecule has 3 amide bonds. The largest absolute Gasteiger partial charge is 0.460 e. The summed E-state index contributed by atoms with van der Waals surface area (Å²) in [6.45, 7) is 5.78. The van der Waals surface area contributed by atoms with Crippen molar-refractivity contribution in [2.45, 2.75) is 39.2 Å². The monoisotopic (exact) mass is 256 g/mol. The predicted octanol–water partition coefficient (Wildman–Crippen LogP) is 1.00. The smallest absolute Gasteiger partial charge is 0.326 e. The summed E-state index contributed by atoms with van der Waals surface area (Å²) in [5.74, 6) is -0.526. The molecular weight excluding hydrogens is 236 g/mol. The van der Waals surface area contributed by atoms with E-state index in [9.17, 15) is 14.4 Å². The molecular formula is C12H20N2O4. The van der Waals surface area contributed by atoms with Crippen LogP contribution in [0.15, 0.2) is 0 Å². The van der Waals surface area contributed by atoms with Gasteiger partial charge in [-0.3, -0.25) is 14.5 Å². The summed E-state index contributed by atoms with van der Waals surface area (Å²) in [5, 5.41) is 0. The van der Waals surface area contributed by atoms with E-state index >= 15 is 0 Å². The average Bonchev–Trinajstić information content (AvgIpc) is 2.41. The highest BCUT2D eigenvalue weighted by atomic mass is 16.6. The van der Waals surface area contributed by atoms with Gasteiger partial charge in [0.25, 0.3) is 0 Å². The summed E-state index contributed by atoms with van der Waals surface area (Å²) in [7, 11) is 1.58. The average molecular weight is 256 g/mol. The minimum atomic E-state index is -0.503. The number of rotatable bonds is 4. The fraction of sp³-hybridized carbons (Fsp3) is 0.750. The maximum Gasteiger partial charge on any atom is 0.326 e. The van der Waals surface area contributed by atoms with Crippen LogP contribution in [-0.4, -0.2) is 53.4 Å². The molecule has 1 rings (SSSR count). The van der Waals surface area contributed by atoms with Crippen molar-refractivity contribution < 1.29 is 19.1 Å². The molecule has 6 nitrogen and oxygen atoms in total. The van der Waals surface area contributed by atoms with E-state index in [1.54, 1.807) is 27.8 Å². The molecule has 1 fully saturated rings. The third-order valence-corrected chi connectivity index (χ3v) is 2.41. The van der Waals surface area contributed by atoms with Gasteiger partial charge in [0.2, 0.25) is 5.91 Å². The van der Waals surface area contributed by atoms with Crippen LogP contribution in [-0.2, 0) is 14.3 Å². The molecule has 1 saturated heterocycles. The zero-order valence-corrected chi connectivity index (χ0v) is 11.4. The van der Waals surface area contributed by atoms with Crippen LogP contribution in [0.3, 0.4) is 0 Å². The Labute approximate surface area is 107 Å². The lowest BCUT2D eigenvalue weighted by atomic mass is 10.2. The van der Waals surface area contributed by atoms with Crippen molar-refractivity contribution >= 4 is 17.9 Å². The highest BCUT2D eigenvalue weighted by molar-refractivity contribution is 6.01. The Bertz CT molecular complexity index is 360. The molecule has 0 N–H and O–H groups in total. The van der Waals surface area contributed by atoms with Crippen LogP contribution in [0.5, 0.6) is 0 Å². The van der Waals surface area contributed by atoms with Crippen LogP contribution in [0.25, 0.3) is 0 Å². The van der Waals surface area contributed by atoms with E-state index in [4.69, 9.17) is 4.74 Å². The van der Waals surface area contributed by atoms with Crippen molar-refractivity contribution in [3.05, 3.63) is 0 Å². The Hall–Kier alpha value is -1.59. The number of urea groups is 1. The predicted molar refractivity (Wildman–Crippen MR) is 64.8 cm³/mol. The molecule has 0 bridgehead atoms. The van der Waals surface area contributed by atoms with E-state index < -0.39 is 5.60 Å². The molecule has 0 atom stereocenters. The van der Waals surface area contributed by atoms with Crippen molar-refractivity contribution in [2.24, 2.45) is 0 Å². The highest BCUT2D eigenvalue weighted by Crippen LogP contribution is 2.12. The maximum absolute atomic E-state index is 11.5. The molecule has 1 aliphatic rings. The van der Waals surface area contributed by atoms with Gasteiger partial charge in [0.05, 0.1) is 0 Å². The lowest BCUT2D eigenvalue weighted by Crippen LogP contribution is -2.33. The second-order valence-corrected chi connectivity index (χ2v) is 5.37. The van der Waals surface area contributed by atoms with Crippen LogP contribution in [0, 0.1) is 0 Å². The summed E-state index contributed by atoms with van der Waals surface area (Å²) < 4.78 is 5.14. The van der Waals surface area contributed by atoms with Gasteiger partial charge < -0.3 is 9.64 Å². The Balaban J connectivity index is 2.32. The Kier molecular flexibility index (Phi) is 4.32. The molecule has 0 unspecified atom stereocenters. The molecule has 6 heteroatoms. The van der Waals surface area contributed by atoms with Crippen LogP contribution >= 0.6 is 0 Å². The van der Waals surface area contributed by atoms with Crippen molar-refractivity contribution in [1.29, 1.82) is 0 Å². The quantitative estimate of drug-likeness (QED) is 0.556. The van der Waals surface area contributed by atoms with Crippen LogP contribution in [0.1, 0.15) is 33.6 Å². The van der Waals surface area contributed by atoms with Gasteiger partial charge in [0.1, 0.15) is 12.1 Å². The summed E-state index contributed by atoms with van der Waals surface area (Å²) in [4.78, 5) is 36.9. The van der Waals surface area contributed by atoms with Crippen molar-refractivity contribution in [3.63, 3.8) is 0 Å². The van der Waals surface area contributed by atoms with E-state index in [-0.39, 0.29) is 37.4 Å². The normalized spacial score (nSPS) is 16.4. The first-order chi connectivity index (χ1) is 8.20. The maximum atomic E-state index is 11.5. The van der Waals surface area contributed by atoms with Gasteiger partial charge in [0, 0.05) is 20.0 Å². The van der Waals surface area contributed by atoms with Gasteiger partial charge in [0.15, 0.2) is 0 Å². The van der Waals surface area contributed by atoms with Crippen LogP contribution in [0.2, 0.25) is 0 Å². The molecule has 102 valence electrons. The first-order valence-electron chi connectivity index (χ1n) is 5.98. The van der Waals surface area contributed by atoms with Gasteiger partial charge in [-0.1, -0.05) is 0 Å². The molecule has 0 aromatic heterocycles. The number of carbonyl (C=O) groups is 3. The van der Waals surface area contributed by atoms with E-state index in [1.807, 2.05) is 0 Å². The van der Waals surface area contributed by atoms with E-state index in [2.05, 4.69) is 0 Å². The second-order valence-electron chi connectivity index (χ2n) is 5.37. The number of hydrogen-bond donors (Lipinski definition) is 0. The van der Waals surface area contributed by atoms with Gasteiger partial charge in [-0.05, 0) is 27.2 Å². The standard InChI is InChI=1S/C12H20N2O4/c1-12(2,3)18-10(16)6-5-7-14-9(15)8-13(4)11(14)17/h5-8H2,1-4H3. The third-order valence-electron chi connectivity index (χ3n) is 2.41. The fourth-order valence-electron chi connectivity index (χ4n) is 1.66. The fourth-order valence-corrected chi connectivity index (χ4v) is 1.66. The number of likely N-dealkylation sites (N-methyl/N-ethyl adjacent to an activating group) is 1. The van der Waals surface area contributed by atoms with Crippen molar-refractivity contribution in [1.82, 2.24) is 9.80 Å². The number of amides is 3. The number of esters is 1. The topological polar surface area (TPSA) is 66.9 Å². The number of imide groups is 1. The molecule has 0 radical (unpaired) electrons. The van der Waals surface area contributed by atoms with Crippen molar-refractivity contribution in [3.8, 4) is 0 Å². The summed E-state index contributed by atoms with van der Waals surface area (Å²) in [6, 6.07) is -0.302. The Morgan fingerprint density at radius 2 is 1.94 bits per heavy atom. The highest BCUT2D eigenvalue weighted by Gasteiger charge is 2.32. The van der Waals surface area contributed by atoms with Crippen molar-refractivity contribution in [2.75, 3.05) is 20.1 Å².